The molecule has 0 fully saturated rings. The zero-order chi connectivity index (χ0) is 17.6. The van der Waals surface area contributed by atoms with Gasteiger partial charge in [-0.2, -0.15) is 4.52 Å². The number of nitrogens with one attached hydrogen (secondary N) is 2. The number of anilines is 1. The predicted molar refractivity (Wildman–Crippen MR) is 88.2 cm³/mol. The molecule has 2 heterocycles. The molecule has 0 aliphatic heterocycles. The monoisotopic (exact) mass is 358 g/mol. The van der Waals surface area contributed by atoms with Crippen molar-refractivity contribution >= 4 is 21.5 Å². The van der Waals surface area contributed by atoms with E-state index in [1.165, 1.54) is 0 Å². The van der Waals surface area contributed by atoms with E-state index in [4.69, 9.17) is 9.47 Å². The SMILES string of the molecule is CCS(=O)(=O)NCCc1nnc2ccc(NCC(OC)OC)nn12. The van der Waals surface area contributed by atoms with Crippen molar-refractivity contribution in [3.8, 4) is 0 Å². The third-order valence-corrected chi connectivity index (χ3v) is 4.76. The van der Waals surface area contributed by atoms with E-state index in [9.17, 15) is 8.42 Å². The van der Waals surface area contributed by atoms with Gasteiger partial charge in [0.15, 0.2) is 17.8 Å². The average molecular weight is 358 g/mol. The van der Waals surface area contributed by atoms with E-state index >= 15 is 0 Å². The average Bonchev–Trinajstić information content (AvgIpc) is 2.98. The van der Waals surface area contributed by atoms with E-state index < -0.39 is 10.0 Å². The Hall–Kier alpha value is -1.82. The van der Waals surface area contributed by atoms with Crippen LogP contribution < -0.4 is 10.0 Å². The topological polar surface area (TPSA) is 120 Å². The molecule has 11 heteroatoms. The summed E-state index contributed by atoms with van der Waals surface area (Å²) < 4.78 is 37.2. The highest BCUT2D eigenvalue weighted by Crippen LogP contribution is 2.08. The Morgan fingerprint density at radius 1 is 1.25 bits per heavy atom. The lowest BCUT2D eigenvalue weighted by Gasteiger charge is -2.14. The second-order valence-corrected chi connectivity index (χ2v) is 7.03. The molecule has 0 spiro atoms. The van der Waals surface area contributed by atoms with Crippen molar-refractivity contribution in [2.75, 3.05) is 38.4 Å². The Bertz CT molecular complexity index is 759. The minimum absolute atomic E-state index is 0.0417. The van der Waals surface area contributed by atoms with Crippen molar-refractivity contribution in [3.63, 3.8) is 0 Å². The fraction of sp³-hybridized carbons (Fsp3) is 0.615. The molecule has 24 heavy (non-hydrogen) atoms. The Morgan fingerprint density at radius 2 is 2.00 bits per heavy atom. The summed E-state index contributed by atoms with van der Waals surface area (Å²) in [5.41, 5.74) is 0.587. The van der Waals surface area contributed by atoms with Gasteiger partial charge in [-0.25, -0.2) is 13.1 Å². The first-order valence-electron chi connectivity index (χ1n) is 7.47. The number of aromatic nitrogens is 4. The largest absolute Gasteiger partial charge is 0.364 e. The minimum Gasteiger partial charge on any atom is -0.364 e. The zero-order valence-corrected chi connectivity index (χ0v) is 14.7. The summed E-state index contributed by atoms with van der Waals surface area (Å²) in [4.78, 5) is 0. The van der Waals surface area contributed by atoms with Crippen molar-refractivity contribution < 1.29 is 17.9 Å². The maximum Gasteiger partial charge on any atom is 0.211 e. The first-order chi connectivity index (χ1) is 11.5. The quantitative estimate of drug-likeness (QED) is 0.552. The van der Waals surface area contributed by atoms with Crippen LogP contribution in [0.2, 0.25) is 0 Å². The van der Waals surface area contributed by atoms with Gasteiger partial charge in [0.1, 0.15) is 5.82 Å². The summed E-state index contributed by atoms with van der Waals surface area (Å²) in [6.45, 7) is 2.26. The van der Waals surface area contributed by atoms with Gasteiger partial charge >= 0.3 is 0 Å². The van der Waals surface area contributed by atoms with E-state index in [0.717, 1.165) is 0 Å². The Kier molecular flexibility index (Phi) is 6.43. The molecule has 2 rings (SSSR count). The van der Waals surface area contributed by atoms with Crippen molar-refractivity contribution in [2.24, 2.45) is 0 Å². The summed E-state index contributed by atoms with van der Waals surface area (Å²) in [6.07, 6.45) is 0.00151. The normalized spacial score (nSPS) is 12.2. The van der Waals surface area contributed by atoms with E-state index in [-0.39, 0.29) is 18.6 Å². The van der Waals surface area contributed by atoms with Crippen LogP contribution >= 0.6 is 0 Å². The van der Waals surface area contributed by atoms with E-state index in [1.54, 1.807) is 37.8 Å². The number of hydrogen-bond donors (Lipinski definition) is 2. The summed E-state index contributed by atoms with van der Waals surface area (Å²) in [5.74, 6) is 1.22. The lowest BCUT2D eigenvalue weighted by Crippen LogP contribution is -2.28. The van der Waals surface area contributed by atoms with Crippen LogP contribution in [0.1, 0.15) is 12.7 Å². The number of ether oxygens (including phenoxy) is 2. The molecule has 2 aromatic heterocycles. The number of methoxy groups -OCH3 is 2. The summed E-state index contributed by atoms with van der Waals surface area (Å²) in [6, 6.07) is 3.55. The first-order valence-corrected chi connectivity index (χ1v) is 9.12. The third-order valence-electron chi connectivity index (χ3n) is 3.35. The van der Waals surface area contributed by atoms with Gasteiger partial charge in [-0.15, -0.1) is 15.3 Å². The molecule has 0 unspecified atom stereocenters. The van der Waals surface area contributed by atoms with Gasteiger partial charge in [-0.05, 0) is 19.1 Å². The summed E-state index contributed by atoms with van der Waals surface area (Å²) >= 11 is 0. The maximum absolute atomic E-state index is 11.4. The summed E-state index contributed by atoms with van der Waals surface area (Å²) in [5, 5.41) is 15.6. The van der Waals surface area contributed by atoms with Crippen LogP contribution in [-0.2, 0) is 25.9 Å². The van der Waals surface area contributed by atoms with Gasteiger partial charge < -0.3 is 14.8 Å². The van der Waals surface area contributed by atoms with Gasteiger partial charge in [0.2, 0.25) is 10.0 Å². The second-order valence-electron chi connectivity index (χ2n) is 4.93. The van der Waals surface area contributed by atoms with Gasteiger partial charge in [0.25, 0.3) is 0 Å². The van der Waals surface area contributed by atoms with Crippen LogP contribution in [-0.4, -0.2) is 67.6 Å². The number of nitrogens with zero attached hydrogens (tertiary/aromatic N) is 4. The number of rotatable bonds is 10. The molecule has 0 saturated heterocycles. The molecule has 2 aromatic rings. The third kappa shape index (κ3) is 4.84. The van der Waals surface area contributed by atoms with Crippen LogP contribution in [0.3, 0.4) is 0 Å². The van der Waals surface area contributed by atoms with Gasteiger partial charge in [0, 0.05) is 27.2 Å². The molecule has 0 aromatic carbocycles. The molecule has 0 bridgehead atoms. The fourth-order valence-corrected chi connectivity index (χ4v) is 2.57. The zero-order valence-electron chi connectivity index (χ0n) is 13.9. The molecule has 0 radical (unpaired) electrons. The van der Waals surface area contributed by atoms with Crippen molar-refractivity contribution in [3.05, 3.63) is 18.0 Å². The van der Waals surface area contributed by atoms with E-state index in [0.29, 0.717) is 30.3 Å². The van der Waals surface area contributed by atoms with Crippen LogP contribution in [0.4, 0.5) is 5.82 Å². The lowest BCUT2D eigenvalue weighted by molar-refractivity contribution is -0.0914. The van der Waals surface area contributed by atoms with Crippen LogP contribution in [0.25, 0.3) is 5.65 Å². The summed E-state index contributed by atoms with van der Waals surface area (Å²) in [7, 11) is -0.112. The van der Waals surface area contributed by atoms with Crippen LogP contribution in [0, 0.1) is 0 Å². The Labute approximate surface area is 140 Å². The molecule has 10 nitrogen and oxygen atoms in total. The van der Waals surface area contributed by atoms with Crippen LogP contribution in [0.5, 0.6) is 0 Å². The predicted octanol–water partition coefficient (Wildman–Crippen LogP) is -0.363. The molecular weight excluding hydrogens is 336 g/mol. The van der Waals surface area contributed by atoms with Gasteiger partial charge in [-0.3, -0.25) is 0 Å². The van der Waals surface area contributed by atoms with Crippen LogP contribution in [0.15, 0.2) is 12.1 Å². The lowest BCUT2D eigenvalue weighted by atomic mass is 10.4. The molecule has 2 N–H and O–H groups in total. The molecule has 0 aliphatic carbocycles. The molecule has 0 atom stereocenters. The van der Waals surface area contributed by atoms with E-state index in [2.05, 4.69) is 25.3 Å². The minimum atomic E-state index is -3.23. The van der Waals surface area contributed by atoms with Gasteiger partial charge in [0.05, 0.1) is 12.3 Å². The molecule has 0 amide bonds. The molecule has 0 saturated carbocycles. The van der Waals surface area contributed by atoms with Crippen molar-refractivity contribution in [2.45, 2.75) is 19.6 Å². The number of fused-ring (bicyclic) bond motifs is 1. The van der Waals surface area contributed by atoms with Gasteiger partial charge in [-0.1, -0.05) is 0 Å². The number of sulfonamides is 1. The molecular formula is C13H22N6O4S. The molecule has 0 aliphatic rings. The highest BCUT2D eigenvalue weighted by atomic mass is 32.2. The highest BCUT2D eigenvalue weighted by molar-refractivity contribution is 7.89. The smallest absolute Gasteiger partial charge is 0.211 e. The van der Waals surface area contributed by atoms with E-state index in [1.807, 2.05) is 0 Å². The number of hydrogen-bond acceptors (Lipinski definition) is 8. The molecule has 134 valence electrons. The van der Waals surface area contributed by atoms with Crippen molar-refractivity contribution in [1.29, 1.82) is 0 Å². The Morgan fingerprint density at radius 3 is 2.67 bits per heavy atom. The second kappa shape index (κ2) is 8.33. The fourth-order valence-electron chi connectivity index (χ4n) is 1.95. The highest BCUT2D eigenvalue weighted by Gasteiger charge is 2.11. The first kappa shape index (κ1) is 18.5. The maximum atomic E-state index is 11.4. The Balaban J connectivity index is 2.05. The van der Waals surface area contributed by atoms with Crippen molar-refractivity contribution in [1.82, 2.24) is 24.5 Å². The standard InChI is InChI=1S/C13H22N6O4S/c1-4-24(20,21)15-8-7-12-17-16-11-6-5-10(18-19(11)12)14-9-13(22-2)23-3/h5-6,13,15H,4,7-9H2,1-3H3,(H,14,18).